The van der Waals surface area contributed by atoms with Crippen molar-refractivity contribution in [1.29, 1.82) is 0 Å². The Labute approximate surface area is 140 Å². The van der Waals surface area contributed by atoms with Crippen LogP contribution in [0.4, 0.5) is 0 Å². The lowest BCUT2D eigenvalue weighted by Gasteiger charge is -2.16. The van der Waals surface area contributed by atoms with Crippen LogP contribution in [0.15, 0.2) is 48.5 Å². The predicted octanol–water partition coefficient (Wildman–Crippen LogP) is 3.36. The number of hydrogen-bond donors (Lipinski definition) is 0. The van der Waals surface area contributed by atoms with Gasteiger partial charge in [0.05, 0.1) is 23.3 Å². The summed E-state index contributed by atoms with van der Waals surface area (Å²) in [6.45, 7) is 5.80. The smallest absolute Gasteiger partial charge is 0.129 e. The largest absolute Gasteiger partial charge is 0.545 e. The molecule has 1 aromatic heterocycles. The monoisotopic (exact) mass is 320 g/mol. The van der Waals surface area contributed by atoms with Crippen molar-refractivity contribution in [2.24, 2.45) is 0 Å². The molecule has 3 rings (SSSR count). The second-order valence-corrected chi connectivity index (χ2v) is 6.03. The van der Waals surface area contributed by atoms with Gasteiger partial charge in [-0.05, 0) is 51.1 Å². The molecule has 1 heterocycles. The molecule has 0 aliphatic rings. The number of carboxylic acid groups (broad SMARTS) is 1. The zero-order valence-corrected chi connectivity index (χ0v) is 13.9. The minimum absolute atomic E-state index is 0.00914. The number of para-hydroxylation sites is 1. The van der Waals surface area contributed by atoms with Crippen molar-refractivity contribution in [3.63, 3.8) is 0 Å². The first-order chi connectivity index (χ1) is 11.5. The maximum absolute atomic E-state index is 11.6. The van der Waals surface area contributed by atoms with E-state index in [1.807, 2.05) is 63.2 Å². The van der Waals surface area contributed by atoms with Gasteiger partial charge in [0.25, 0.3) is 0 Å². The van der Waals surface area contributed by atoms with E-state index in [-0.39, 0.29) is 11.7 Å². The van der Waals surface area contributed by atoms with Gasteiger partial charge in [0.1, 0.15) is 5.75 Å². The number of aromatic carboxylic acids is 1. The second-order valence-electron chi connectivity index (χ2n) is 6.03. The number of pyridine rings is 1. The molecule has 0 fully saturated rings. The standard InChI is InChI=1S/C20H19NO3/c1-12(2)24-19-7-5-4-6-14(19)18-11-16(20(22)23)15-10-13(3)8-9-17(15)21-18/h4-12H,1-3H3,(H,22,23)/p-1. The van der Waals surface area contributed by atoms with Crippen molar-refractivity contribution >= 4 is 16.9 Å². The third-order valence-electron chi connectivity index (χ3n) is 3.71. The van der Waals surface area contributed by atoms with E-state index >= 15 is 0 Å². The van der Waals surface area contributed by atoms with Crippen LogP contribution in [-0.4, -0.2) is 17.1 Å². The van der Waals surface area contributed by atoms with Gasteiger partial charge in [-0.2, -0.15) is 0 Å². The summed E-state index contributed by atoms with van der Waals surface area (Å²) in [6, 6.07) is 14.6. The Hall–Kier alpha value is -2.88. The van der Waals surface area contributed by atoms with E-state index in [1.165, 1.54) is 0 Å². The fourth-order valence-corrected chi connectivity index (χ4v) is 2.68. The van der Waals surface area contributed by atoms with Crippen molar-refractivity contribution in [2.75, 3.05) is 0 Å². The maximum Gasteiger partial charge on any atom is 0.129 e. The first-order valence-electron chi connectivity index (χ1n) is 7.84. The summed E-state index contributed by atoms with van der Waals surface area (Å²) in [4.78, 5) is 16.2. The molecule has 0 aliphatic heterocycles. The maximum atomic E-state index is 11.6. The SMILES string of the molecule is Cc1ccc2nc(-c3ccccc3OC(C)C)cc(C(=O)[O-])c2c1. The van der Waals surface area contributed by atoms with E-state index in [2.05, 4.69) is 4.98 Å². The van der Waals surface area contributed by atoms with Gasteiger partial charge >= 0.3 is 0 Å². The van der Waals surface area contributed by atoms with Crippen molar-refractivity contribution in [3.8, 4) is 17.0 Å². The van der Waals surface area contributed by atoms with Crippen LogP contribution >= 0.6 is 0 Å². The molecule has 122 valence electrons. The van der Waals surface area contributed by atoms with Crippen molar-refractivity contribution in [3.05, 3.63) is 59.7 Å². The van der Waals surface area contributed by atoms with E-state index in [9.17, 15) is 9.90 Å². The topological polar surface area (TPSA) is 62.2 Å². The van der Waals surface area contributed by atoms with Crippen molar-refractivity contribution in [2.45, 2.75) is 26.9 Å². The number of aryl methyl sites for hydroxylation is 1. The molecule has 0 unspecified atom stereocenters. The van der Waals surface area contributed by atoms with Crippen molar-refractivity contribution in [1.82, 2.24) is 4.98 Å². The molecule has 0 spiro atoms. The van der Waals surface area contributed by atoms with Crippen LogP contribution in [0.5, 0.6) is 5.75 Å². The van der Waals surface area contributed by atoms with Gasteiger partial charge in [0.15, 0.2) is 0 Å². The quantitative estimate of drug-likeness (QED) is 0.739. The summed E-state index contributed by atoms with van der Waals surface area (Å²) in [7, 11) is 0. The first kappa shape index (κ1) is 16.0. The number of carbonyl (C=O) groups is 1. The average Bonchev–Trinajstić information content (AvgIpc) is 2.53. The van der Waals surface area contributed by atoms with Crippen LogP contribution in [0, 0.1) is 6.92 Å². The molecule has 0 saturated heterocycles. The molecule has 2 aromatic carbocycles. The Kier molecular flexibility index (Phi) is 4.21. The van der Waals surface area contributed by atoms with Gasteiger partial charge in [0.2, 0.25) is 0 Å². The molecule has 0 N–H and O–H groups in total. The molecule has 0 radical (unpaired) electrons. The number of aromatic nitrogens is 1. The van der Waals surface area contributed by atoms with Gasteiger partial charge in [-0.1, -0.05) is 23.8 Å². The summed E-state index contributed by atoms with van der Waals surface area (Å²) in [5.74, 6) is -0.535. The predicted molar refractivity (Wildman–Crippen MR) is 92.0 cm³/mol. The summed E-state index contributed by atoms with van der Waals surface area (Å²) >= 11 is 0. The highest BCUT2D eigenvalue weighted by molar-refractivity contribution is 6.03. The minimum atomic E-state index is -1.21. The lowest BCUT2D eigenvalue weighted by molar-refractivity contribution is -0.254. The van der Waals surface area contributed by atoms with E-state index in [1.54, 1.807) is 6.07 Å². The van der Waals surface area contributed by atoms with Crippen LogP contribution in [0.1, 0.15) is 29.8 Å². The Morgan fingerprint density at radius 2 is 1.88 bits per heavy atom. The van der Waals surface area contributed by atoms with Crippen LogP contribution in [0.3, 0.4) is 0 Å². The summed E-state index contributed by atoms with van der Waals surface area (Å²) in [6.07, 6.45) is 0.00914. The number of ether oxygens (including phenoxy) is 1. The zero-order chi connectivity index (χ0) is 17.3. The Bertz CT molecular complexity index is 916. The molecule has 0 atom stereocenters. The summed E-state index contributed by atoms with van der Waals surface area (Å²) in [5, 5.41) is 12.2. The zero-order valence-electron chi connectivity index (χ0n) is 13.9. The van der Waals surface area contributed by atoms with Crippen LogP contribution < -0.4 is 9.84 Å². The fraction of sp³-hybridized carbons (Fsp3) is 0.200. The van der Waals surface area contributed by atoms with Crippen LogP contribution in [-0.2, 0) is 0 Å². The average molecular weight is 320 g/mol. The third-order valence-corrected chi connectivity index (χ3v) is 3.71. The second kappa shape index (κ2) is 6.32. The van der Waals surface area contributed by atoms with E-state index in [0.29, 0.717) is 22.3 Å². The summed E-state index contributed by atoms with van der Waals surface area (Å²) < 4.78 is 5.83. The summed E-state index contributed by atoms with van der Waals surface area (Å²) in [5.41, 5.74) is 3.05. The molecule has 0 bridgehead atoms. The highest BCUT2D eigenvalue weighted by atomic mass is 16.5. The Morgan fingerprint density at radius 1 is 1.12 bits per heavy atom. The Balaban J connectivity index is 2.25. The number of fused-ring (bicyclic) bond motifs is 1. The number of rotatable bonds is 4. The Morgan fingerprint density at radius 3 is 2.58 bits per heavy atom. The normalized spacial score (nSPS) is 11.0. The molecule has 24 heavy (non-hydrogen) atoms. The number of benzene rings is 2. The van der Waals surface area contributed by atoms with Gasteiger partial charge in [-0.3, -0.25) is 0 Å². The van der Waals surface area contributed by atoms with Crippen LogP contribution in [0.2, 0.25) is 0 Å². The molecule has 4 nitrogen and oxygen atoms in total. The molecule has 0 amide bonds. The number of carboxylic acids is 1. The first-order valence-corrected chi connectivity index (χ1v) is 7.84. The van der Waals surface area contributed by atoms with Gasteiger partial charge in [-0.25, -0.2) is 4.98 Å². The lowest BCUT2D eigenvalue weighted by atomic mass is 10.0. The number of carbonyl (C=O) groups excluding carboxylic acids is 1. The molecule has 0 aliphatic carbocycles. The van der Waals surface area contributed by atoms with Crippen LogP contribution in [0.25, 0.3) is 22.2 Å². The van der Waals surface area contributed by atoms with E-state index in [4.69, 9.17) is 4.74 Å². The molecular formula is C20H18NO3-. The fourth-order valence-electron chi connectivity index (χ4n) is 2.68. The number of hydrogen-bond acceptors (Lipinski definition) is 4. The lowest BCUT2D eigenvalue weighted by Crippen LogP contribution is -2.22. The van der Waals surface area contributed by atoms with Gasteiger partial charge in [-0.15, -0.1) is 0 Å². The van der Waals surface area contributed by atoms with E-state index in [0.717, 1.165) is 11.1 Å². The van der Waals surface area contributed by atoms with Gasteiger partial charge < -0.3 is 14.6 Å². The molecular weight excluding hydrogens is 302 g/mol. The van der Waals surface area contributed by atoms with E-state index < -0.39 is 5.97 Å². The molecule has 3 aromatic rings. The molecule has 0 saturated carbocycles. The van der Waals surface area contributed by atoms with Gasteiger partial charge in [0, 0.05) is 16.5 Å². The van der Waals surface area contributed by atoms with Crippen molar-refractivity contribution < 1.29 is 14.6 Å². The highest BCUT2D eigenvalue weighted by Crippen LogP contribution is 2.32. The highest BCUT2D eigenvalue weighted by Gasteiger charge is 2.13. The molecule has 4 heteroatoms. The minimum Gasteiger partial charge on any atom is -0.545 e. The number of nitrogens with zero attached hydrogens (tertiary/aromatic N) is 1. The third kappa shape index (κ3) is 3.08.